The van der Waals surface area contributed by atoms with Crippen LogP contribution in [0.5, 0.6) is 0 Å². The molecule has 6 nitrogen and oxygen atoms in total. The first-order valence-electron chi connectivity index (χ1n) is 31.8. The molecule has 418 valence electrons. The highest BCUT2D eigenvalue weighted by Crippen LogP contribution is 2.17. The van der Waals surface area contributed by atoms with E-state index in [0.717, 1.165) is 64.2 Å². The van der Waals surface area contributed by atoms with E-state index in [1.165, 1.54) is 250 Å². The second-order valence-corrected chi connectivity index (χ2v) is 21.7. The first-order chi connectivity index (χ1) is 35.0. The lowest BCUT2D eigenvalue weighted by molar-refractivity contribution is -0.143. The van der Waals surface area contributed by atoms with Gasteiger partial charge in [-0.3, -0.25) is 9.59 Å². The van der Waals surface area contributed by atoms with E-state index in [-0.39, 0.29) is 18.5 Å². The van der Waals surface area contributed by atoms with E-state index in [1.54, 1.807) is 6.08 Å². The lowest BCUT2D eigenvalue weighted by atomic mass is 10.0. The van der Waals surface area contributed by atoms with Gasteiger partial charge in [-0.15, -0.1) is 0 Å². The lowest BCUT2D eigenvalue weighted by Crippen LogP contribution is -2.45. The number of allylic oxidation sites excluding steroid dienone is 5. The zero-order chi connectivity index (χ0) is 51.4. The average Bonchev–Trinajstić information content (AvgIpc) is 3.37. The molecule has 0 heterocycles. The van der Waals surface area contributed by atoms with E-state index in [0.29, 0.717) is 19.4 Å². The number of ether oxygens (including phenoxy) is 1. The molecule has 0 aromatic rings. The molecule has 2 atom stereocenters. The minimum absolute atomic E-state index is 0.00681. The Morgan fingerprint density at radius 2 is 0.662 bits per heavy atom. The molecule has 0 spiro atoms. The minimum atomic E-state index is -0.856. The van der Waals surface area contributed by atoms with Crippen LogP contribution >= 0.6 is 0 Å². The van der Waals surface area contributed by atoms with Crippen molar-refractivity contribution in [3.8, 4) is 0 Å². The van der Waals surface area contributed by atoms with Crippen LogP contribution in [-0.4, -0.2) is 47.4 Å². The summed E-state index contributed by atoms with van der Waals surface area (Å²) in [6.07, 6.45) is 76.1. The summed E-state index contributed by atoms with van der Waals surface area (Å²) >= 11 is 0. The van der Waals surface area contributed by atoms with Gasteiger partial charge in [-0.2, -0.15) is 0 Å². The fourth-order valence-electron chi connectivity index (χ4n) is 9.74. The van der Waals surface area contributed by atoms with Gasteiger partial charge in [-0.05, 0) is 83.5 Å². The molecule has 0 radical (unpaired) electrons. The lowest BCUT2D eigenvalue weighted by Gasteiger charge is -2.20. The predicted octanol–water partition coefficient (Wildman–Crippen LogP) is 20.0. The number of hydrogen-bond acceptors (Lipinski definition) is 5. The van der Waals surface area contributed by atoms with Crippen LogP contribution in [0.2, 0.25) is 0 Å². The summed E-state index contributed by atoms with van der Waals surface area (Å²) in [5.41, 5.74) is 0. The number of rotatable bonds is 59. The number of unbranched alkanes of at least 4 members (excludes halogenated alkanes) is 44. The molecule has 0 bridgehead atoms. The number of esters is 1. The topological polar surface area (TPSA) is 95.9 Å². The Kier molecular flexibility index (Phi) is 59.0. The number of hydrogen-bond donors (Lipinski definition) is 3. The van der Waals surface area contributed by atoms with Crippen LogP contribution in [0.15, 0.2) is 36.5 Å². The zero-order valence-corrected chi connectivity index (χ0v) is 47.7. The molecule has 0 saturated carbocycles. The second-order valence-electron chi connectivity index (χ2n) is 21.7. The minimum Gasteiger partial charge on any atom is -0.466 e. The van der Waals surface area contributed by atoms with E-state index in [2.05, 4.69) is 43.5 Å². The van der Waals surface area contributed by atoms with Crippen LogP contribution in [0, 0.1) is 0 Å². The van der Waals surface area contributed by atoms with Crippen molar-refractivity contribution in [2.24, 2.45) is 0 Å². The summed E-state index contributed by atoms with van der Waals surface area (Å²) in [4.78, 5) is 24.6. The molecule has 0 aromatic heterocycles. The van der Waals surface area contributed by atoms with E-state index >= 15 is 0 Å². The maximum atomic E-state index is 12.5. The van der Waals surface area contributed by atoms with E-state index in [1.807, 2.05) is 6.08 Å². The number of nitrogens with one attached hydrogen (secondary N) is 1. The van der Waals surface area contributed by atoms with Gasteiger partial charge < -0.3 is 20.3 Å². The van der Waals surface area contributed by atoms with Gasteiger partial charge in [0.25, 0.3) is 0 Å². The van der Waals surface area contributed by atoms with E-state index < -0.39 is 12.1 Å². The van der Waals surface area contributed by atoms with Crippen molar-refractivity contribution in [3.63, 3.8) is 0 Å². The second kappa shape index (κ2) is 60.6. The van der Waals surface area contributed by atoms with Crippen molar-refractivity contribution < 1.29 is 24.5 Å². The van der Waals surface area contributed by atoms with Crippen molar-refractivity contribution in [1.82, 2.24) is 5.32 Å². The van der Waals surface area contributed by atoms with E-state index in [9.17, 15) is 19.8 Å². The van der Waals surface area contributed by atoms with Gasteiger partial charge in [-0.25, -0.2) is 0 Å². The Hall–Kier alpha value is -1.92. The van der Waals surface area contributed by atoms with Crippen molar-refractivity contribution in [1.29, 1.82) is 0 Å². The highest BCUT2D eigenvalue weighted by atomic mass is 16.5. The Morgan fingerprint density at radius 3 is 1.00 bits per heavy atom. The van der Waals surface area contributed by atoms with Crippen LogP contribution in [0.3, 0.4) is 0 Å². The summed E-state index contributed by atoms with van der Waals surface area (Å²) in [6, 6.07) is -0.642. The highest BCUT2D eigenvalue weighted by Gasteiger charge is 2.18. The smallest absolute Gasteiger partial charge is 0.305 e. The van der Waals surface area contributed by atoms with Gasteiger partial charge in [0.05, 0.1) is 25.4 Å². The molecule has 0 aliphatic rings. The van der Waals surface area contributed by atoms with Crippen molar-refractivity contribution >= 4 is 11.9 Å². The molecule has 0 aromatic carbocycles. The van der Waals surface area contributed by atoms with Gasteiger partial charge in [-0.1, -0.05) is 281 Å². The molecule has 71 heavy (non-hydrogen) atoms. The van der Waals surface area contributed by atoms with Crippen molar-refractivity contribution in [2.75, 3.05) is 13.2 Å². The average molecular weight is 999 g/mol. The third kappa shape index (κ3) is 57.2. The van der Waals surface area contributed by atoms with Gasteiger partial charge in [0.15, 0.2) is 0 Å². The van der Waals surface area contributed by atoms with Gasteiger partial charge in [0.1, 0.15) is 0 Å². The number of aliphatic hydroxyl groups excluding tert-OH is 2. The molecule has 0 fully saturated rings. The van der Waals surface area contributed by atoms with Gasteiger partial charge >= 0.3 is 5.97 Å². The van der Waals surface area contributed by atoms with Crippen LogP contribution < -0.4 is 5.32 Å². The first-order valence-corrected chi connectivity index (χ1v) is 31.8. The summed E-state index contributed by atoms with van der Waals surface area (Å²) in [5.74, 6) is -0.0895. The molecule has 0 aliphatic heterocycles. The van der Waals surface area contributed by atoms with Crippen LogP contribution in [-0.2, 0) is 14.3 Å². The largest absolute Gasteiger partial charge is 0.466 e. The SMILES string of the molecule is CCCCCCCC/C=C\CCCCCCCCCC(=O)OCCCCCCCCC/C=C\CCCCCCCC(=O)NC(CO)C(O)/C=C/CCCCCCCCCCCCCCCCCCCCC. The van der Waals surface area contributed by atoms with E-state index in [4.69, 9.17) is 4.74 Å². The highest BCUT2D eigenvalue weighted by molar-refractivity contribution is 5.76. The Morgan fingerprint density at radius 1 is 0.380 bits per heavy atom. The van der Waals surface area contributed by atoms with Crippen LogP contribution in [0.4, 0.5) is 0 Å². The number of carbonyl (C=O) groups excluding carboxylic acids is 2. The molecule has 1 amide bonds. The molecule has 0 aliphatic carbocycles. The fourth-order valence-corrected chi connectivity index (χ4v) is 9.74. The monoisotopic (exact) mass is 998 g/mol. The Labute approximate surface area is 443 Å². The third-order valence-electron chi connectivity index (χ3n) is 14.6. The summed E-state index contributed by atoms with van der Waals surface area (Å²) in [5, 5.41) is 23.2. The molecule has 3 N–H and O–H groups in total. The molecular weight excluding hydrogens is 875 g/mol. The van der Waals surface area contributed by atoms with Crippen LogP contribution in [0.25, 0.3) is 0 Å². The quantitative estimate of drug-likeness (QED) is 0.0321. The van der Waals surface area contributed by atoms with Gasteiger partial charge in [0.2, 0.25) is 5.91 Å². The molecule has 0 saturated heterocycles. The first kappa shape index (κ1) is 69.1. The summed E-state index contributed by atoms with van der Waals surface area (Å²) in [6.45, 7) is 4.90. The standard InChI is InChI=1S/C65H123NO5/c1-3-5-7-9-11-13-15-17-19-21-22-23-24-26-29-33-37-41-45-49-53-57-63(68)62(61-67)66-64(69)58-54-50-46-42-38-34-30-27-28-32-36-40-44-48-52-56-60-71-65(70)59-55-51-47-43-39-35-31-25-20-18-16-14-12-10-8-6-4-2/h18,20,27,30,53,57,62-63,67-68H,3-17,19,21-26,28-29,31-52,54-56,58-61H2,1-2H3,(H,66,69)/b20-18-,30-27-,57-53+. The normalized spacial score (nSPS) is 12.8. The summed E-state index contributed by atoms with van der Waals surface area (Å²) in [7, 11) is 0. The number of carbonyl (C=O) groups is 2. The third-order valence-corrected chi connectivity index (χ3v) is 14.6. The van der Waals surface area contributed by atoms with Crippen molar-refractivity contribution in [3.05, 3.63) is 36.5 Å². The number of amides is 1. The fraction of sp³-hybridized carbons (Fsp3) is 0.877. The number of aliphatic hydroxyl groups is 2. The van der Waals surface area contributed by atoms with Gasteiger partial charge in [0, 0.05) is 12.8 Å². The molecular formula is C65H123NO5. The molecule has 6 heteroatoms. The Bertz CT molecular complexity index is 1150. The van der Waals surface area contributed by atoms with Crippen molar-refractivity contribution in [2.45, 2.75) is 353 Å². The maximum absolute atomic E-state index is 12.5. The Balaban J connectivity index is 3.49. The molecule has 0 rings (SSSR count). The maximum Gasteiger partial charge on any atom is 0.305 e. The summed E-state index contributed by atoms with van der Waals surface area (Å²) < 4.78 is 5.48. The zero-order valence-electron chi connectivity index (χ0n) is 47.7. The van der Waals surface area contributed by atoms with Crippen LogP contribution in [0.1, 0.15) is 341 Å². The predicted molar refractivity (Wildman–Crippen MR) is 310 cm³/mol. The molecule has 2 unspecified atom stereocenters.